The van der Waals surface area contributed by atoms with E-state index in [1.165, 1.54) is 0 Å². The molecular formula is C37H57N11O10. The number of oxazole rings is 1. The van der Waals surface area contributed by atoms with Crippen LogP contribution in [0.2, 0.25) is 0 Å². The highest BCUT2D eigenvalue weighted by Crippen LogP contribution is 2.34. The number of unbranched alkanes of at least 4 members (excludes halogenated alkanes) is 1. The lowest BCUT2D eigenvalue weighted by Gasteiger charge is -2.12. The Balaban J connectivity index is 0.928. The quantitative estimate of drug-likeness (QED) is 0.0298. The summed E-state index contributed by atoms with van der Waals surface area (Å²) < 4.78 is 50.9. The number of azide groups is 1. The number of carbonyl (C=O) groups excluding carboxylic acids is 1. The van der Waals surface area contributed by atoms with Crippen LogP contribution in [0.3, 0.4) is 0 Å². The number of rotatable bonds is 34. The van der Waals surface area contributed by atoms with Gasteiger partial charge in [0.2, 0.25) is 5.91 Å². The van der Waals surface area contributed by atoms with Crippen molar-refractivity contribution in [3.8, 4) is 11.3 Å². The van der Waals surface area contributed by atoms with Gasteiger partial charge in [0.1, 0.15) is 23.4 Å². The predicted molar refractivity (Wildman–Crippen MR) is 214 cm³/mol. The Hall–Kier alpha value is -4.70. The first-order chi connectivity index (χ1) is 28.5. The minimum atomic E-state index is -0.0610. The Labute approximate surface area is 337 Å². The summed E-state index contributed by atoms with van der Waals surface area (Å²) in [6, 6.07) is 5.77. The van der Waals surface area contributed by atoms with Gasteiger partial charge in [-0.15, -0.1) is 0 Å². The number of nitrogen functional groups attached to an aromatic ring is 1. The van der Waals surface area contributed by atoms with Crippen molar-refractivity contribution in [1.29, 1.82) is 0 Å². The van der Waals surface area contributed by atoms with Crippen molar-refractivity contribution >= 4 is 39.9 Å². The molecule has 4 rings (SSSR count). The van der Waals surface area contributed by atoms with Crippen molar-refractivity contribution in [1.82, 2.24) is 30.0 Å². The highest BCUT2D eigenvalue weighted by molar-refractivity contribution is 6.00. The van der Waals surface area contributed by atoms with E-state index in [0.717, 1.165) is 41.0 Å². The molecule has 58 heavy (non-hydrogen) atoms. The molecule has 0 aliphatic carbocycles. The summed E-state index contributed by atoms with van der Waals surface area (Å²) in [7, 11) is 3.87. The summed E-state index contributed by atoms with van der Waals surface area (Å²) in [5.41, 5.74) is 17.5. The maximum Gasteiger partial charge on any atom is 0.292 e. The smallest absolute Gasteiger partial charge is 0.292 e. The highest BCUT2D eigenvalue weighted by Gasteiger charge is 2.20. The van der Waals surface area contributed by atoms with E-state index in [2.05, 4.69) is 30.3 Å². The van der Waals surface area contributed by atoms with Gasteiger partial charge in [0, 0.05) is 50.6 Å². The molecule has 0 bridgehead atoms. The topological polar surface area (TPSA) is 251 Å². The first kappa shape index (κ1) is 46.0. The molecule has 1 amide bonds. The van der Waals surface area contributed by atoms with E-state index in [1.54, 1.807) is 6.33 Å². The second-order valence-electron chi connectivity index (χ2n) is 12.8. The van der Waals surface area contributed by atoms with Crippen molar-refractivity contribution in [2.45, 2.75) is 25.8 Å². The van der Waals surface area contributed by atoms with Crippen LogP contribution in [0, 0.1) is 0 Å². The van der Waals surface area contributed by atoms with E-state index >= 15 is 0 Å². The second kappa shape index (κ2) is 27.9. The molecule has 0 radical (unpaired) electrons. The Morgan fingerprint density at radius 3 is 1.97 bits per heavy atom. The zero-order valence-electron chi connectivity index (χ0n) is 33.6. The van der Waals surface area contributed by atoms with Crippen LogP contribution in [0.1, 0.15) is 19.3 Å². The van der Waals surface area contributed by atoms with E-state index in [0.29, 0.717) is 136 Å². The first-order valence-electron chi connectivity index (χ1n) is 19.4. The molecule has 3 N–H and O–H groups in total. The SMILES string of the molecule is CN(C)c1ncnc2c1c(-c1ccc3oc(N)nc3c1)nn2CCCCNC(=O)CCOCCOCCOCCOCCOCCOCCOCCOCCN=[N+]=[N-]. The number of nitrogens with one attached hydrogen (secondary N) is 1. The van der Waals surface area contributed by atoms with E-state index in [1.807, 2.05) is 41.9 Å². The van der Waals surface area contributed by atoms with E-state index in [9.17, 15) is 4.79 Å². The maximum atomic E-state index is 12.3. The normalized spacial score (nSPS) is 11.4. The van der Waals surface area contributed by atoms with Gasteiger partial charge in [0.15, 0.2) is 11.2 Å². The van der Waals surface area contributed by atoms with Gasteiger partial charge in [0.05, 0.1) is 111 Å². The number of anilines is 2. The number of hydrogen-bond donors (Lipinski definition) is 2. The molecule has 320 valence electrons. The van der Waals surface area contributed by atoms with Gasteiger partial charge in [-0.05, 0) is 36.6 Å². The number of fused-ring (bicyclic) bond motifs is 2. The fourth-order valence-electron chi connectivity index (χ4n) is 5.44. The number of ether oxygens (including phenoxy) is 8. The molecule has 0 unspecified atom stereocenters. The number of nitrogens with two attached hydrogens (primary N) is 1. The van der Waals surface area contributed by atoms with Gasteiger partial charge in [-0.1, -0.05) is 5.11 Å². The standard InChI is InChI=1S/C37H57N11O10/c1-47(2)35-33-34(29-5-6-31-30(27-29)44-37(38)58-31)45-48(36(33)42-28-41-35)10-4-3-8-40-32(49)7-11-50-13-15-52-17-19-54-21-23-56-25-26-57-24-22-55-20-18-53-16-14-51-12-9-43-46-39/h5-6,27-28H,3-4,7-26H2,1-2H3,(H2,38,44)(H,40,49). The maximum absolute atomic E-state index is 12.3. The van der Waals surface area contributed by atoms with Crippen molar-refractivity contribution < 1.29 is 47.1 Å². The Morgan fingerprint density at radius 1 is 0.828 bits per heavy atom. The molecule has 0 atom stereocenters. The van der Waals surface area contributed by atoms with Gasteiger partial charge in [-0.2, -0.15) is 10.1 Å². The molecule has 0 fully saturated rings. The van der Waals surface area contributed by atoms with Gasteiger partial charge in [-0.25, -0.2) is 14.6 Å². The zero-order chi connectivity index (χ0) is 41.0. The molecule has 4 aromatic rings. The summed E-state index contributed by atoms with van der Waals surface area (Å²) in [6.07, 6.45) is 3.38. The average molecular weight is 816 g/mol. The zero-order valence-corrected chi connectivity index (χ0v) is 33.6. The molecule has 3 heterocycles. The minimum absolute atomic E-state index is 0.0610. The highest BCUT2D eigenvalue weighted by atomic mass is 16.6. The Kier molecular flexibility index (Phi) is 22.1. The monoisotopic (exact) mass is 815 g/mol. The van der Waals surface area contributed by atoms with Crippen LogP contribution in [-0.4, -0.2) is 164 Å². The third-order valence-corrected chi connectivity index (χ3v) is 8.21. The van der Waals surface area contributed by atoms with Crippen LogP contribution in [0.5, 0.6) is 0 Å². The first-order valence-corrected chi connectivity index (χ1v) is 19.4. The van der Waals surface area contributed by atoms with Crippen molar-refractivity contribution in [2.75, 3.05) is 144 Å². The van der Waals surface area contributed by atoms with Crippen LogP contribution in [0.4, 0.5) is 11.8 Å². The van der Waals surface area contributed by atoms with Crippen molar-refractivity contribution in [3.63, 3.8) is 0 Å². The molecule has 0 aliphatic heterocycles. The van der Waals surface area contributed by atoms with E-state index < -0.39 is 0 Å². The summed E-state index contributed by atoms with van der Waals surface area (Å²) in [5, 5.41) is 12.1. The molecule has 1 aromatic carbocycles. The molecule has 3 aromatic heterocycles. The lowest BCUT2D eigenvalue weighted by atomic mass is 10.1. The summed E-state index contributed by atoms with van der Waals surface area (Å²) >= 11 is 0. The summed E-state index contributed by atoms with van der Waals surface area (Å²) in [6.45, 7) is 8.56. The van der Waals surface area contributed by atoms with Crippen molar-refractivity contribution in [3.05, 3.63) is 35.0 Å². The second-order valence-corrected chi connectivity index (χ2v) is 12.8. The van der Waals surface area contributed by atoms with Gasteiger partial charge < -0.3 is 58.3 Å². The minimum Gasteiger partial charge on any atom is -0.424 e. The lowest BCUT2D eigenvalue weighted by Crippen LogP contribution is -2.26. The van der Waals surface area contributed by atoms with E-state index in [-0.39, 0.29) is 18.3 Å². The van der Waals surface area contributed by atoms with Gasteiger partial charge >= 0.3 is 0 Å². The van der Waals surface area contributed by atoms with Crippen LogP contribution in [0.15, 0.2) is 34.1 Å². The van der Waals surface area contributed by atoms with Gasteiger partial charge in [0.25, 0.3) is 6.01 Å². The van der Waals surface area contributed by atoms with Gasteiger partial charge in [-0.3, -0.25) is 4.79 Å². The molecule has 21 nitrogen and oxygen atoms in total. The van der Waals surface area contributed by atoms with Crippen LogP contribution >= 0.6 is 0 Å². The number of nitrogens with zero attached hydrogens (tertiary/aromatic N) is 9. The third kappa shape index (κ3) is 17.0. The van der Waals surface area contributed by atoms with Crippen LogP contribution in [-0.2, 0) is 49.2 Å². The lowest BCUT2D eigenvalue weighted by molar-refractivity contribution is -0.122. The summed E-state index contributed by atoms with van der Waals surface area (Å²) in [4.78, 5) is 30.2. The number of carbonyl (C=O) groups is 1. The number of hydrogen-bond acceptors (Lipinski definition) is 17. The molecule has 0 saturated carbocycles. The predicted octanol–water partition coefficient (Wildman–Crippen LogP) is 3.01. The fraction of sp³-hybridized carbons (Fsp3) is 0.649. The molecule has 0 aliphatic rings. The van der Waals surface area contributed by atoms with Crippen molar-refractivity contribution in [2.24, 2.45) is 5.11 Å². The van der Waals surface area contributed by atoms with E-state index in [4.69, 9.17) is 58.7 Å². The average Bonchev–Trinajstić information content (AvgIpc) is 3.79. The number of aryl methyl sites for hydroxylation is 1. The molecule has 0 spiro atoms. The number of aromatic nitrogens is 5. The molecular weight excluding hydrogens is 758 g/mol. The Bertz CT molecular complexity index is 1800. The molecule has 0 saturated heterocycles. The summed E-state index contributed by atoms with van der Waals surface area (Å²) in [5.74, 6) is 0.700. The fourth-order valence-corrected chi connectivity index (χ4v) is 5.44. The number of amides is 1. The third-order valence-electron chi connectivity index (χ3n) is 8.21. The Morgan fingerprint density at radius 2 is 1.40 bits per heavy atom. The van der Waals surface area contributed by atoms with Crippen LogP contribution < -0.4 is 16.0 Å². The van der Waals surface area contributed by atoms with Crippen LogP contribution in [0.25, 0.3) is 43.8 Å². The molecule has 21 heteroatoms. The largest absolute Gasteiger partial charge is 0.424 e. The number of benzene rings is 1.